The van der Waals surface area contributed by atoms with Crippen LogP contribution in [0.15, 0.2) is 66.7 Å². The van der Waals surface area contributed by atoms with Gasteiger partial charge in [0.25, 0.3) is 0 Å². The number of halogens is 1. The number of esters is 2. The first-order chi connectivity index (χ1) is 18.1. The van der Waals surface area contributed by atoms with E-state index in [1.54, 1.807) is 52.0 Å². The first kappa shape index (κ1) is 28.5. The monoisotopic (exact) mass is 524 g/mol. The molecule has 3 aromatic rings. The number of hydrogen-bond donors (Lipinski definition) is 0. The number of carbonyl (C=O) groups is 2. The van der Waals surface area contributed by atoms with Crippen molar-refractivity contribution in [3.8, 4) is 23.0 Å². The van der Waals surface area contributed by atoms with Crippen LogP contribution in [0, 0.1) is 5.82 Å². The van der Waals surface area contributed by atoms with Gasteiger partial charge in [-0.2, -0.15) is 0 Å². The quantitative estimate of drug-likeness (QED) is 0.253. The van der Waals surface area contributed by atoms with Gasteiger partial charge in [-0.1, -0.05) is 24.3 Å². The molecule has 38 heavy (non-hydrogen) atoms. The first-order valence-electron chi connectivity index (χ1n) is 12.4. The summed E-state index contributed by atoms with van der Waals surface area (Å²) in [6, 6.07) is 18.9. The van der Waals surface area contributed by atoms with Gasteiger partial charge in [-0.3, -0.25) is 4.79 Å². The van der Waals surface area contributed by atoms with Crippen molar-refractivity contribution in [1.29, 1.82) is 0 Å². The molecule has 0 saturated carbocycles. The molecule has 7 nitrogen and oxygen atoms in total. The van der Waals surface area contributed by atoms with Crippen LogP contribution in [0.1, 0.15) is 45.2 Å². The molecule has 0 aliphatic carbocycles. The Hall–Kier alpha value is -4.07. The molecule has 0 radical (unpaired) electrons. The Labute approximate surface area is 222 Å². The molecule has 8 heteroatoms. The molecule has 3 aromatic carbocycles. The zero-order valence-corrected chi connectivity index (χ0v) is 22.1. The van der Waals surface area contributed by atoms with Crippen molar-refractivity contribution in [1.82, 2.24) is 0 Å². The summed E-state index contributed by atoms with van der Waals surface area (Å²) in [5, 5.41) is 0. The minimum atomic E-state index is -0.629. The summed E-state index contributed by atoms with van der Waals surface area (Å²) in [5.74, 6) is 0.155. The highest BCUT2D eigenvalue weighted by atomic mass is 19.1. The first-order valence-corrected chi connectivity index (χ1v) is 12.4. The van der Waals surface area contributed by atoms with Crippen LogP contribution in [-0.4, -0.2) is 30.8 Å². The fraction of sp³-hybridized carbons (Fsp3) is 0.333. The van der Waals surface area contributed by atoms with Crippen molar-refractivity contribution in [3.05, 3.63) is 83.7 Å². The van der Waals surface area contributed by atoms with Crippen LogP contribution in [0.3, 0.4) is 0 Å². The van der Waals surface area contributed by atoms with Gasteiger partial charge in [0.05, 0.1) is 6.61 Å². The lowest BCUT2D eigenvalue weighted by atomic mass is 10.1. The molecular weight excluding hydrogens is 491 g/mol. The predicted octanol–water partition coefficient (Wildman–Crippen LogP) is 6.41. The lowest BCUT2D eigenvalue weighted by Gasteiger charge is -2.19. The Balaban J connectivity index is 1.70. The molecule has 0 heterocycles. The van der Waals surface area contributed by atoms with E-state index in [2.05, 4.69) is 0 Å². The number of hydrogen-bond acceptors (Lipinski definition) is 7. The SMILES string of the molecule is CCOC(=O)CCc1ccc(OCc2cc(OCC(=O)OC(C)(C)C)cc(Oc3ccccc3)c2)c(F)c1. The minimum Gasteiger partial charge on any atom is -0.486 e. The van der Waals surface area contributed by atoms with E-state index in [0.29, 0.717) is 41.4 Å². The Kier molecular flexibility index (Phi) is 10.1. The second kappa shape index (κ2) is 13.5. The standard InChI is InChI=1S/C30H33FO7/c1-5-34-28(32)14-12-21-11-13-27(26(31)17-21)36-19-22-15-24(35-20-29(33)38-30(2,3)4)18-25(16-22)37-23-9-7-6-8-10-23/h6-11,13,15-18H,5,12,14,19-20H2,1-4H3. The van der Waals surface area contributed by atoms with Gasteiger partial charge < -0.3 is 23.7 Å². The maximum Gasteiger partial charge on any atom is 0.344 e. The molecule has 0 aliphatic heterocycles. The van der Waals surface area contributed by atoms with Crippen LogP contribution in [0.5, 0.6) is 23.0 Å². The molecule has 3 rings (SSSR count). The fourth-order valence-corrected chi connectivity index (χ4v) is 3.45. The van der Waals surface area contributed by atoms with Crippen LogP contribution in [0.4, 0.5) is 4.39 Å². The largest absolute Gasteiger partial charge is 0.486 e. The highest BCUT2D eigenvalue weighted by Gasteiger charge is 2.17. The van der Waals surface area contributed by atoms with Gasteiger partial charge in [-0.05, 0) is 81.6 Å². The van der Waals surface area contributed by atoms with Crippen LogP contribution < -0.4 is 14.2 Å². The van der Waals surface area contributed by atoms with Crippen LogP contribution in [-0.2, 0) is 32.1 Å². The molecule has 0 aliphatic rings. The second-order valence-electron chi connectivity index (χ2n) is 9.46. The van der Waals surface area contributed by atoms with Crippen LogP contribution in [0.2, 0.25) is 0 Å². The van der Waals surface area contributed by atoms with E-state index >= 15 is 0 Å². The van der Waals surface area contributed by atoms with Gasteiger partial charge in [0.15, 0.2) is 18.2 Å². The molecule has 0 spiro atoms. The van der Waals surface area contributed by atoms with E-state index in [9.17, 15) is 14.0 Å². The van der Waals surface area contributed by atoms with Gasteiger partial charge in [0, 0.05) is 12.5 Å². The molecule has 0 fully saturated rings. The van der Waals surface area contributed by atoms with Gasteiger partial charge >= 0.3 is 11.9 Å². The van der Waals surface area contributed by atoms with Crippen molar-refractivity contribution in [2.24, 2.45) is 0 Å². The predicted molar refractivity (Wildman–Crippen MR) is 140 cm³/mol. The van der Waals surface area contributed by atoms with Crippen molar-refractivity contribution >= 4 is 11.9 Å². The summed E-state index contributed by atoms with van der Waals surface area (Å²) < 4.78 is 42.2. The third kappa shape index (κ3) is 9.76. The molecule has 0 atom stereocenters. The number of ether oxygens (including phenoxy) is 5. The number of para-hydroxylation sites is 1. The molecule has 0 unspecified atom stereocenters. The zero-order valence-electron chi connectivity index (χ0n) is 22.1. The summed E-state index contributed by atoms with van der Waals surface area (Å²) in [6.07, 6.45) is 0.543. The van der Waals surface area contributed by atoms with Gasteiger partial charge in [0.1, 0.15) is 29.5 Å². The Morgan fingerprint density at radius 1 is 0.816 bits per heavy atom. The van der Waals surface area contributed by atoms with Crippen molar-refractivity contribution in [3.63, 3.8) is 0 Å². The summed E-state index contributed by atoms with van der Waals surface area (Å²) in [7, 11) is 0. The van der Waals surface area contributed by atoms with Crippen molar-refractivity contribution < 1.29 is 37.7 Å². The summed E-state index contributed by atoms with van der Waals surface area (Å²) >= 11 is 0. The average Bonchev–Trinajstić information content (AvgIpc) is 2.85. The highest BCUT2D eigenvalue weighted by Crippen LogP contribution is 2.29. The smallest absolute Gasteiger partial charge is 0.344 e. The van der Waals surface area contributed by atoms with Gasteiger partial charge in [0.2, 0.25) is 0 Å². The number of aryl methyl sites for hydroxylation is 1. The Bertz CT molecular complexity index is 1220. The fourth-order valence-electron chi connectivity index (χ4n) is 3.45. The molecule has 0 aromatic heterocycles. The molecule has 202 valence electrons. The maximum atomic E-state index is 14.7. The molecule has 0 N–H and O–H groups in total. The normalized spacial score (nSPS) is 11.0. The average molecular weight is 525 g/mol. The zero-order chi connectivity index (χ0) is 27.5. The number of benzene rings is 3. The summed E-state index contributed by atoms with van der Waals surface area (Å²) in [4.78, 5) is 23.7. The second-order valence-corrected chi connectivity index (χ2v) is 9.46. The van der Waals surface area contributed by atoms with Gasteiger partial charge in [-0.25, -0.2) is 9.18 Å². The van der Waals surface area contributed by atoms with Crippen LogP contribution in [0.25, 0.3) is 0 Å². The number of rotatable bonds is 12. The lowest BCUT2D eigenvalue weighted by Crippen LogP contribution is -2.27. The van der Waals surface area contributed by atoms with Crippen molar-refractivity contribution in [2.75, 3.05) is 13.2 Å². The summed E-state index contributed by atoms with van der Waals surface area (Å²) in [5.41, 5.74) is 0.679. The Morgan fingerprint density at radius 3 is 2.24 bits per heavy atom. The van der Waals surface area contributed by atoms with Crippen molar-refractivity contribution in [2.45, 2.75) is 52.7 Å². The van der Waals surface area contributed by atoms with E-state index in [1.165, 1.54) is 12.1 Å². The molecule has 0 amide bonds. The molecule has 0 bridgehead atoms. The van der Waals surface area contributed by atoms with E-state index in [0.717, 1.165) is 0 Å². The van der Waals surface area contributed by atoms with E-state index in [4.69, 9.17) is 23.7 Å². The van der Waals surface area contributed by atoms with Gasteiger partial charge in [-0.15, -0.1) is 0 Å². The number of carbonyl (C=O) groups excluding carboxylic acids is 2. The maximum absolute atomic E-state index is 14.7. The minimum absolute atomic E-state index is 0.0217. The van der Waals surface area contributed by atoms with E-state index in [1.807, 2.05) is 30.3 Å². The third-order valence-corrected chi connectivity index (χ3v) is 5.01. The highest BCUT2D eigenvalue weighted by molar-refractivity contribution is 5.71. The topological polar surface area (TPSA) is 80.3 Å². The third-order valence-electron chi connectivity index (χ3n) is 5.01. The molecule has 0 saturated heterocycles. The van der Waals surface area contributed by atoms with E-state index in [-0.39, 0.29) is 31.4 Å². The molecular formula is C30H33FO7. The lowest BCUT2D eigenvalue weighted by molar-refractivity contribution is -0.157. The summed E-state index contributed by atoms with van der Waals surface area (Å²) in [6.45, 7) is 7.12. The van der Waals surface area contributed by atoms with E-state index < -0.39 is 17.4 Å². The Morgan fingerprint density at radius 2 is 1.55 bits per heavy atom. The van der Waals surface area contributed by atoms with Crippen LogP contribution >= 0.6 is 0 Å².